The molecule has 3 aromatic rings. The van der Waals surface area contributed by atoms with Gasteiger partial charge in [-0.25, -0.2) is 0 Å². The van der Waals surface area contributed by atoms with Gasteiger partial charge in [0.2, 0.25) is 0 Å². The maximum absolute atomic E-state index is 12.5. The molecule has 3 N–H and O–H groups in total. The van der Waals surface area contributed by atoms with Gasteiger partial charge in [0.1, 0.15) is 0 Å². The summed E-state index contributed by atoms with van der Waals surface area (Å²) < 4.78 is 0. The number of fused-ring (bicyclic) bond motifs is 1. The quantitative estimate of drug-likeness (QED) is 0.627. The van der Waals surface area contributed by atoms with E-state index in [-0.39, 0.29) is 17.9 Å². The monoisotopic (exact) mass is 364 g/mol. The van der Waals surface area contributed by atoms with Crippen LogP contribution in [0.5, 0.6) is 0 Å². The minimum atomic E-state index is -0.249. The second-order valence-electron chi connectivity index (χ2n) is 6.79. The molecule has 0 radical (unpaired) electrons. The first-order valence-corrected chi connectivity index (χ1v) is 9.10. The zero-order chi connectivity index (χ0) is 19.4. The number of hydrogen-bond donors (Lipinski definition) is 3. The van der Waals surface area contributed by atoms with Crippen molar-refractivity contribution in [1.82, 2.24) is 20.8 Å². The molecule has 2 amide bonds. The van der Waals surface area contributed by atoms with Crippen LogP contribution in [-0.4, -0.2) is 28.1 Å². The fourth-order valence-corrected chi connectivity index (χ4v) is 2.80. The van der Waals surface area contributed by atoms with Crippen molar-refractivity contribution in [1.29, 1.82) is 0 Å². The summed E-state index contributed by atoms with van der Waals surface area (Å²) in [5.41, 5.74) is 3.71. The molecule has 2 aromatic carbocycles. The molecule has 6 nitrogen and oxygen atoms in total. The van der Waals surface area contributed by atoms with Gasteiger partial charge in [0.05, 0.1) is 5.52 Å². The lowest BCUT2D eigenvalue weighted by Crippen LogP contribution is -2.32. The molecule has 0 aliphatic carbocycles. The van der Waals surface area contributed by atoms with Crippen LogP contribution in [0.25, 0.3) is 10.9 Å². The first-order valence-electron chi connectivity index (χ1n) is 9.10. The molecule has 1 unspecified atom stereocenters. The van der Waals surface area contributed by atoms with Crippen LogP contribution in [0.3, 0.4) is 0 Å². The molecule has 0 fully saturated rings. The number of nitrogens with one attached hydrogen (secondary N) is 3. The Labute approximate surface area is 158 Å². The number of carbonyl (C=O) groups is 2. The van der Waals surface area contributed by atoms with Gasteiger partial charge >= 0.3 is 0 Å². The van der Waals surface area contributed by atoms with Crippen LogP contribution in [0.1, 0.15) is 52.2 Å². The number of aromatic amines is 1. The topological polar surface area (TPSA) is 86.9 Å². The Kier molecular flexibility index (Phi) is 5.54. The average Bonchev–Trinajstić information content (AvgIpc) is 3.09. The summed E-state index contributed by atoms with van der Waals surface area (Å²) in [5, 5.41) is 13.6. The SMILES string of the molecule is CCC(C)NC(=O)c1cccc(CNC(=O)c2n[nH]c3ccc(C)cc23)c1. The molecular formula is C21H24N4O2. The molecule has 0 aliphatic heterocycles. The van der Waals surface area contributed by atoms with E-state index in [2.05, 4.69) is 20.8 Å². The molecular weight excluding hydrogens is 340 g/mol. The molecule has 140 valence electrons. The van der Waals surface area contributed by atoms with Gasteiger partial charge < -0.3 is 10.6 Å². The van der Waals surface area contributed by atoms with Gasteiger partial charge in [0.15, 0.2) is 5.69 Å². The van der Waals surface area contributed by atoms with Crippen LogP contribution in [0.4, 0.5) is 0 Å². The summed E-state index contributed by atoms with van der Waals surface area (Å²) in [6, 6.07) is 13.2. The smallest absolute Gasteiger partial charge is 0.272 e. The molecule has 6 heteroatoms. The van der Waals surface area contributed by atoms with Gasteiger partial charge in [-0.05, 0) is 50.1 Å². The van der Waals surface area contributed by atoms with Crippen molar-refractivity contribution in [3.05, 3.63) is 64.8 Å². The average molecular weight is 364 g/mol. The highest BCUT2D eigenvalue weighted by atomic mass is 16.2. The van der Waals surface area contributed by atoms with E-state index >= 15 is 0 Å². The van der Waals surface area contributed by atoms with Crippen molar-refractivity contribution < 1.29 is 9.59 Å². The van der Waals surface area contributed by atoms with Crippen LogP contribution in [0.2, 0.25) is 0 Å². The summed E-state index contributed by atoms with van der Waals surface area (Å²) >= 11 is 0. The number of hydrogen-bond acceptors (Lipinski definition) is 3. The fraction of sp³-hybridized carbons (Fsp3) is 0.286. The van der Waals surface area contributed by atoms with Gasteiger partial charge in [-0.3, -0.25) is 14.7 Å². The number of amides is 2. The molecule has 0 aliphatic rings. The Morgan fingerprint density at radius 2 is 1.96 bits per heavy atom. The molecule has 27 heavy (non-hydrogen) atoms. The van der Waals surface area contributed by atoms with E-state index in [1.54, 1.807) is 12.1 Å². The van der Waals surface area contributed by atoms with Crippen LogP contribution in [-0.2, 0) is 6.54 Å². The zero-order valence-electron chi connectivity index (χ0n) is 15.8. The lowest BCUT2D eigenvalue weighted by molar-refractivity contribution is 0.0936. The highest BCUT2D eigenvalue weighted by molar-refractivity contribution is 6.04. The van der Waals surface area contributed by atoms with E-state index in [9.17, 15) is 9.59 Å². The summed E-state index contributed by atoms with van der Waals surface area (Å²) in [6.07, 6.45) is 0.874. The van der Waals surface area contributed by atoms with Crippen LogP contribution < -0.4 is 10.6 Å². The van der Waals surface area contributed by atoms with E-state index in [0.29, 0.717) is 17.8 Å². The summed E-state index contributed by atoms with van der Waals surface area (Å²) in [6.45, 7) is 6.29. The molecule has 3 rings (SSSR count). The van der Waals surface area contributed by atoms with Crippen LogP contribution in [0, 0.1) is 6.92 Å². The van der Waals surface area contributed by atoms with E-state index in [1.165, 1.54) is 0 Å². The summed E-state index contributed by atoms with van der Waals surface area (Å²) in [7, 11) is 0. The normalized spacial score (nSPS) is 12.0. The third kappa shape index (κ3) is 4.34. The maximum atomic E-state index is 12.5. The highest BCUT2D eigenvalue weighted by Gasteiger charge is 2.14. The Hall–Kier alpha value is -3.15. The molecule has 1 heterocycles. The van der Waals surface area contributed by atoms with E-state index in [4.69, 9.17) is 0 Å². The van der Waals surface area contributed by atoms with Gasteiger partial charge in [-0.2, -0.15) is 5.10 Å². The largest absolute Gasteiger partial charge is 0.350 e. The van der Waals surface area contributed by atoms with E-state index in [1.807, 2.05) is 51.1 Å². The fourth-order valence-electron chi connectivity index (χ4n) is 2.80. The molecule has 0 saturated carbocycles. The first-order chi connectivity index (χ1) is 13.0. The van der Waals surface area contributed by atoms with Crippen molar-refractivity contribution in [2.75, 3.05) is 0 Å². The third-order valence-electron chi connectivity index (χ3n) is 4.57. The van der Waals surface area contributed by atoms with Crippen LogP contribution in [0.15, 0.2) is 42.5 Å². The standard InChI is InChI=1S/C21H24N4O2/c1-4-14(3)23-20(26)16-7-5-6-15(11-16)12-22-21(27)19-17-10-13(2)8-9-18(17)24-25-19/h5-11,14H,4,12H2,1-3H3,(H,22,27)(H,23,26)(H,24,25). The Balaban J connectivity index is 1.69. The van der Waals surface area contributed by atoms with Crippen LogP contribution >= 0.6 is 0 Å². The Morgan fingerprint density at radius 1 is 1.15 bits per heavy atom. The van der Waals surface area contributed by atoms with E-state index < -0.39 is 0 Å². The van der Waals surface area contributed by atoms with E-state index in [0.717, 1.165) is 28.5 Å². The molecule has 0 spiro atoms. The lowest BCUT2D eigenvalue weighted by Gasteiger charge is -2.12. The second kappa shape index (κ2) is 8.03. The predicted molar refractivity (Wildman–Crippen MR) is 106 cm³/mol. The lowest BCUT2D eigenvalue weighted by atomic mass is 10.1. The van der Waals surface area contributed by atoms with Crippen molar-refractivity contribution in [3.63, 3.8) is 0 Å². The molecule has 1 aromatic heterocycles. The number of carbonyl (C=O) groups excluding carboxylic acids is 2. The third-order valence-corrected chi connectivity index (χ3v) is 4.57. The van der Waals surface area contributed by atoms with Gasteiger partial charge in [0.25, 0.3) is 11.8 Å². The number of aryl methyl sites for hydroxylation is 1. The Bertz CT molecular complexity index is 977. The number of H-pyrrole nitrogens is 1. The van der Waals surface area contributed by atoms with Gasteiger partial charge in [-0.15, -0.1) is 0 Å². The molecule has 0 saturated heterocycles. The predicted octanol–water partition coefficient (Wildman–Crippen LogP) is 3.33. The molecule has 0 bridgehead atoms. The van der Waals surface area contributed by atoms with Crippen molar-refractivity contribution >= 4 is 22.7 Å². The van der Waals surface area contributed by atoms with Crippen molar-refractivity contribution in [2.24, 2.45) is 0 Å². The Morgan fingerprint density at radius 3 is 2.74 bits per heavy atom. The summed E-state index contributed by atoms with van der Waals surface area (Å²) in [4.78, 5) is 24.8. The van der Waals surface area contributed by atoms with Crippen molar-refractivity contribution in [3.8, 4) is 0 Å². The zero-order valence-corrected chi connectivity index (χ0v) is 15.8. The summed E-state index contributed by atoms with van der Waals surface area (Å²) in [5.74, 6) is -0.354. The minimum Gasteiger partial charge on any atom is -0.350 e. The number of aromatic nitrogens is 2. The van der Waals surface area contributed by atoms with Crippen molar-refractivity contribution in [2.45, 2.75) is 39.8 Å². The minimum absolute atomic E-state index is 0.105. The van der Waals surface area contributed by atoms with Gasteiger partial charge in [0, 0.05) is 23.5 Å². The maximum Gasteiger partial charge on any atom is 0.272 e. The number of rotatable bonds is 6. The number of nitrogens with zero attached hydrogens (tertiary/aromatic N) is 1. The highest BCUT2D eigenvalue weighted by Crippen LogP contribution is 2.17. The number of benzene rings is 2. The second-order valence-corrected chi connectivity index (χ2v) is 6.79. The van der Waals surface area contributed by atoms with Gasteiger partial charge in [-0.1, -0.05) is 30.7 Å². The molecule has 1 atom stereocenters. The first kappa shape index (κ1) is 18.6.